The zero-order valence-electron chi connectivity index (χ0n) is 9.02. The summed E-state index contributed by atoms with van der Waals surface area (Å²) < 4.78 is -0.581. The quantitative estimate of drug-likeness (QED) is 0.636. The maximum atomic E-state index is 10.7. The van der Waals surface area contributed by atoms with Gasteiger partial charge in [0, 0.05) is 10.00 Å². The fourth-order valence-electron chi connectivity index (χ4n) is 0.948. The summed E-state index contributed by atoms with van der Waals surface area (Å²) >= 11 is 1.39. The van der Waals surface area contributed by atoms with Crippen LogP contribution in [0.4, 0.5) is 0 Å². The lowest BCUT2D eigenvalue weighted by Crippen LogP contribution is -2.48. The second-order valence-corrected chi connectivity index (χ2v) is 6.01. The summed E-state index contributed by atoms with van der Waals surface area (Å²) in [7, 11) is 0. The molecule has 4 nitrogen and oxygen atoms in total. The second kappa shape index (κ2) is 5.00. The van der Waals surface area contributed by atoms with Gasteiger partial charge in [0.25, 0.3) is 0 Å². The monoisotopic (exact) mass is 221 g/mol. The number of aliphatic hydroxyl groups is 1. The minimum Gasteiger partial charge on any atom is -0.480 e. The molecular weight excluding hydrogens is 202 g/mol. The molecule has 4 N–H and O–H groups in total. The number of hydrogen-bond acceptors (Lipinski definition) is 4. The van der Waals surface area contributed by atoms with Gasteiger partial charge in [-0.25, -0.2) is 0 Å². The maximum absolute atomic E-state index is 10.7. The molecule has 0 heterocycles. The van der Waals surface area contributed by atoms with Crippen molar-refractivity contribution in [3.63, 3.8) is 0 Å². The van der Waals surface area contributed by atoms with Gasteiger partial charge < -0.3 is 15.9 Å². The first kappa shape index (κ1) is 13.7. The molecule has 0 radical (unpaired) electrons. The number of carboxylic acids is 1. The number of thioether (sulfide) groups is 1. The number of rotatable bonds is 5. The van der Waals surface area contributed by atoms with Gasteiger partial charge in [-0.15, -0.1) is 11.8 Å². The Kier molecular flexibility index (Phi) is 4.91. The Bertz CT molecular complexity index is 206. The van der Waals surface area contributed by atoms with Gasteiger partial charge in [0.05, 0.1) is 6.10 Å². The fourth-order valence-corrected chi connectivity index (χ4v) is 2.35. The Labute approximate surface area is 88.9 Å². The highest BCUT2D eigenvalue weighted by atomic mass is 32.2. The molecule has 0 saturated heterocycles. The lowest BCUT2D eigenvalue weighted by Gasteiger charge is -2.31. The van der Waals surface area contributed by atoms with Crippen molar-refractivity contribution in [2.45, 2.75) is 49.8 Å². The van der Waals surface area contributed by atoms with Crippen LogP contribution in [0.5, 0.6) is 0 Å². The average molecular weight is 221 g/mol. The molecule has 0 aliphatic heterocycles. The Balaban J connectivity index is 4.40. The van der Waals surface area contributed by atoms with Crippen molar-refractivity contribution in [1.29, 1.82) is 0 Å². The van der Waals surface area contributed by atoms with E-state index in [4.69, 9.17) is 10.8 Å². The van der Waals surface area contributed by atoms with Crippen LogP contribution in [-0.2, 0) is 4.79 Å². The van der Waals surface area contributed by atoms with Crippen LogP contribution >= 0.6 is 11.8 Å². The van der Waals surface area contributed by atoms with Gasteiger partial charge in [-0.1, -0.05) is 6.92 Å². The van der Waals surface area contributed by atoms with Gasteiger partial charge in [0.2, 0.25) is 0 Å². The molecule has 0 amide bonds. The first-order valence-electron chi connectivity index (χ1n) is 4.52. The Morgan fingerprint density at radius 2 is 1.86 bits per heavy atom. The van der Waals surface area contributed by atoms with Gasteiger partial charge in [0.1, 0.15) is 6.04 Å². The van der Waals surface area contributed by atoms with Gasteiger partial charge in [-0.3, -0.25) is 4.79 Å². The molecule has 14 heavy (non-hydrogen) atoms. The maximum Gasteiger partial charge on any atom is 0.321 e. The van der Waals surface area contributed by atoms with E-state index in [1.807, 2.05) is 6.92 Å². The van der Waals surface area contributed by atoms with Crippen LogP contribution in [0.1, 0.15) is 27.7 Å². The molecule has 2 unspecified atom stereocenters. The molecule has 0 fully saturated rings. The van der Waals surface area contributed by atoms with Gasteiger partial charge in [-0.05, 0) is 20.8 Å². The van der Waals surface area contributed by atoms with E-state index in [-0.39, 0.29) is 5.25 Å². The zero-order valence-corrected chi connectivity index (χ0v) is 9.84. The van der Waals surface area contributed by atoms with E-state index < -0.39 is 22.9 Å². The lowest BCUT2D eigenvalue weighted by atomic mass is 10.1. The molecule has 3 atom stereocenters. The normalized spacial score (nSPS) is 18.7. The van der Waals surface area contributed by atoms with Crippen LogP contribution in [0.15, 0.2) is 0 Å². The molecule has 0 saturated carbocycles. The van der Waals surface area contributed by atoms with E-state index in [9.17, 15) is 9.90 Å². The molecule has 0 aromatic heterocycles. The molecule has 0 aromatic carbocycles. The first-order valence-corrected chi connectivity index (χ1v) is 5.40. The van der Waals surface area contributed by atoms with Gasteiger partial charge >= 0.3 is 5.97 Å². The number of aliphatic hydroxyl groups excluding tert-OH is 1. The summed E-state index contributed by atoms with van der Waals surface area (Å²) in [5, 5.41) is 18.0. The van der Waals surface area contributed by atoms with Crippen LogP contribution < -0.4 is 5.73 Å². The highest BCUT2D eigenvalue weighted by Gasteiger charge is 2.34. The molecule has 0 aliphatic rings. The minimum atomic E-state index is -1.01. The van der Waals surface area contributed by atoms with E-state index in [2.05, 4.69) is 0 Å². The smallest absolute Gasteiger partial charge is 0.321 e. The highest BCUT2D eigenvalue weighted by molar-refractivity contribution is 8.01. The van der Waals surface area contributed by atoms with Crippen molar-refractivity contribution in [2.24, 2.45) is 5.73 Å². The van der Waals surface area contributed by atoms with Crippen LogP contribution in [0.3, 0.4) is 0 Å². The van der Waals surface area contributed by atoms with E-state index >= 15 is 0 Å². The van der Waals surface area contributed by atoms with Crippen molar-refractivity contribution in [3.05, 3.63) is 0 Å². The molecule has 0 bridgehead atoms. The topological polar surface area (TPSA) is 83.5 Å². The van der Waals surface area contributed by atoms with Crippen molar-refractivity contribution in [2.75, 3.05) is 0 Å². The summed E-state index contributed by atoms with van der Waals surface area (Å²) in [6.45, 7) is 7.08. The van der Waals surface area contributed by atoms with Crippen LogP contribution in [0.2, 0.25) is 0 Å². The number of carbonyl (C=O) groups is 1. The standard InChI is InChI=1S/C9H19NO3S/c1-5(11)6(2)14-9(3,4)7(10)8(12)13/h5-7,11H,10H2,1-4H3,(H,12,13)/t5?,6?,7-/m0/s1. The highest BCUT2D eigenvalue weighted by Crippen LogP contribution is 2.32. The zero-order chi connectivity index (χ0) is 11.5. The van der Waals surface area contributed by atoms with Crippen molar-refractivity contribution in [1.82, 2.24) is 0 Å². The van der Waals surface area contributed by atoms with E-state index in [1.54, 1.807) is 20.8 Å². The predicted molar refractivity (Wildman–Crippen MR) is 58.4 cm³/mol. The summed E-state index contributed by atoms with van der Waals surface area (Å²) in [5.74, 6) is -1.01. The largest absolute Gasteiger partial charge is 0.480 e. The number of hydrogen-bond donors (Lipinski definition) is 3. The molecule has 84 valence electrons. The summed E-state index contributed by atoms with van der Waals surface area (Å²) in [6, 6.07) is -0.923. The number of aliphatic carboxylic acids is 1. The first-order chi connectivity index (χ1) is 6.18. The molecule has 0 aliphatic carbocycles. The Hall–Kier alpha value is -0.260. The van der Waals surface area contributed by atoms with E-state index in [1.165, 1.54) is 11.8 Å². The number of carboxylic acid groups (broad SMARTS) is 1. The molecule has 5 heteroatoms. The SMILES string of the molecule is CC(O)C(C)SC(C)(C)[C@@H](N)C(=O)O. The Morgan fingerprint density at radius 3 is 2.14 bits per heavy atom. The summed E-state index contributed by atoms with van der Waals surface area (Å²) in [5.41, 5.74) is 5.54. The second-order valence-electron chi connectivity index (χ2n) is 3.98. The Morgan fingerprint density at radius 1 is 1.43 bits per heavy atom. The molecule has 0 aromatic rings. The van der Waals surface area contributed by atoms with Crippen LogP contribution in [0.25, 0.3) is 0 Å². The minimum absolute atomic E-state index is 0.0320. The van der Waals surface area contributed by atoms with Crippen LogP contribution in [0, 0.1) is 0 Å². The van der Waals surface area contributed by atoms with Crippen molar-refractivity contribution >= 4 is 17.7 Å². The molecule has 0 spiro atoms. The summed E-state index contributed by atoms with van der Waals surface area (Å²) in [6.07, 6.45) is -0.472. The third kappa shape index (κ3) is 3.86. The lowest BCUT2D eigenvalue weighted by molar-refractivity contribution is -0.139. The molecular formula is C9H19NO3S. The van der Waals surface area contributed by atoms with E-state index in [0.29, 0.717) is 0 Å². The number of nitrogens with two attached hydrogens (primary N) is 1. The third-order valence-corrected chi connectivity index (χ3v) is 3.81. The van der Waals surface area contributed by atoms with E-state index in [0.717, 1.165) is 0 Å². The third-order valence-electron chi connectivity index (χ3n) is 2.18. The van der Waals surface area contributed by atoms with Crippen molar-refractivity contribution in [3.8, 4) is 0 Å². The predicted octanol–water partition coefficient (Wildman–Crippen LogP) is 0.679. The van der Waals surface area contributed by atoms with Gasteiger partial charge in [-0.2, -0.15) is 0 Å². The van der Waals surface area contributed by atoms with Crippen LogP contribution in [-0.4, -0.2) is 38.3 Å². The van der Waals surface area contributed by atoms with Crippen molar-refractivity contribution < 1.29 is 15.0 Å². The average Bonchev–Trinajstić information content (AvgIpc) is 2.01. The summed E-state index contributed by atoms with van der Waals surface area (Å²) in [4.78, 5) is 10.7. The fraction of sp³-hybridized carbons (Fsp3) is 0.889. The molecule has 0 rings (SSSR count). The van der Waals surface area contributed by atoms with Gasteiger partial charge in [0.15, 0.2) is 0 Å².